The van der Waals surface area contributed by atoms with Gasteiger partial charge in [-0.1, -0.05) is 0 Å². The van der Waals surface area contributed by atoms with E-state index >= 15 is 0 Å². The van der Waals surface area contributed by atoms with Gasteiger partial charge in [-0.15, -0.1) is 4.83 Å². The lowest BCUT2D eigenvalue weighted by molar-refractivity contribution is -0.0313. The molecule has 0 radical (unpaired) electrons. The highest BCUT2D eigenvalue weighted by Gasteiger charge is 2.09. The summed E-state index contributed by atoms with van der Waals surface area (Å²) < 4.78 is 22.6. The SMILES string of the molecule is CON(C)P(F)F. The second-order valence-electron chi connectivity index (χ2n) is 0.862. The molecule has 0 saturated carbocycles. The van der Waals surface area contributed by atoms with Crippen molar-refractivity contribution >= 4 is 8.69 Å². The molecule has 0 aromatic heterocycles. The van der Waals surface area contributed by atoms with Gasteiger partial charge >= 0.3 is 8.69 Å². The molecule has 44 valence electrons. The average molecular weight is 129 g/mol. The van der Waals surface area contributed by atoms with E-state index in [1.807, 2.05) is 0 Å². The fourth-order valence-electron chi connectivity index (χ4n) is 0.0617. The van der Waals surface area contributed by atoms with Gasteiger partial charge in [0.05, 0.1) is 7.11 Å². The first-order chi connectivity index (χ1) is 3.18. The maximum Gasteiger partial charge on any atom is 0.369 e. The molecule has 0 spiro atoms. The maximum absolute atomic E-state index is 11.3. The van der Waals surface area contributed by atoms with Gasteiger partial charge in [0.25, 0.3) is 0 Å². The molecule has 5 heteroatoms. The molecular weight excluding hydrogens is 123 g/mol. The fourth-order valence-corrected chi connectivity index (χ4v) is 0.185. The minimum atomic E-state index is -3.05. The van der Waals surface area contributed by atoms with Gasteiger partial charge in [-0.2, -0.15) is 8.39 Å². The minimum absolute atomic E-state index is 0.523. The van der Waals surface area contributed by atoms with Gasteiger partial charge in [-0.25, -0.2) is 0 Å². The molecule has 0 aromatic rings. The van der Waals surface area contributed by atoms with Gasteiger partial charge in [0.1, 0.15) is 0 Å². The van der Waals surface area contributed by atoms with Crippen LogP contribution < -0.4 is 0 Å². The van der Waals surface area contributed by atoms with Gasteiger partial charge in [0.2, 0.25) is 0 Å². The summed E-state index contributed by atoms with van der Waals surface area (Å²) in [4.78, 5) is 4.65. The van der Waals surface area contributed by atoms with Crippen molar-refractivity contribution in [2.24, 2.45) is 0 Å². The third-order valence-electron chi connectivity index (χ3n) is 0.477. The van der Waals surface area contributed by atoms with Crippen LogP contribution in [0.2, 0.25) is 0 Å². The van der Waals surface area contributed by atoms with Gasteiger partial charge in [-0.3, -0.25) is 4.84 Å². The van der Waals surface area contributed by atoms with Crippen molar-refractivity contribution in [3.05, 3.63) is 0 Å². The summed E-state index contributed by atoms with van der Waals surface area (Å²) >= 11 is 0. The summed E-state index contributed by atoms with van der Waals surface area (Å²) in [5.74, 6) is 0. The fraction of sp³-hybridized carbons (Fsp3) is 1.00. The predicted molar refractivity (Wildman–Crippen MR) is 23.9 cm³/mol. The van der Waals surface area contributed by atoms with Crippen molar-refractivity contribution in [2.45, 2.75) is 0 Å². The minimum Gasteiger partial charge on any atom is -0.294 e. The highest BCUT2D eigenvalue weighted by atomic mass is 31.2. The normalized spacial score (nSPS) is 11.1. The number of hydrogen-bond acceptors (Lipinski definition) is 2. The van der Waals surface area contributed by atoms with E-state index in [1.165, 1.54) is 14.2 Å². The third kappa shape index (κ3) is 2.85. The van der Waals surface area contributed by atoms with Crippen LogP contribution in [-0.2, 0) is 4.84 Å². The molecule has 0 aliphatic rings. The Bertz CT molecular complexity index is 53.0. The topological polar surface area (TPSA) is 12.5 Å². The average Bonchev–Trinajstić information content (AvgIpc) is 1.65. The van der Waals surface area contributed by atoms with E-state index in [-0.39, 0.29) is 0 Å². The highest BCUT2D eigenvalue weighted by molar-refractivity contribution is 7.43. The molecule has 7 heavy (non-hydrogen) atoms. The quantitative estimate of drug-likeness (QED) is 0.415. The van der Waals surface area contributed by atoms with Crippen molar-refractivity contribution in [3.8, 4) is 0 Å². The Morgan fingerprint density at radius 1 is 1.57 bits per heavy atom. The molecule has 0 amide bonds. The Labute approximate surface area is 42.1 Å². The number of rotatable bonds is 2. The lowest BCUT2D eigenvalue weighted by Crippen LogP contribution is -2.04. The van der Waals surface area contributed by atoms with Crippen molar-refractivity contribution in [3.63, 3.8) is 0 Å². The van der Waals surface area contributed by atoms with Crippen LogP contribution in [0.4, 0.5) is 8.39 Å². The molecule has 0 saturated heterocycles. The summed E-state index contributed by atoms with van der Waals surface area (Å²) in [5.41, 5.74) is 0. The van der Waals surface area contributed by atoms with Crippen LogP contribution in [0.3, 0.4) is 0 Å². The summed E-state index contributed by atoms with van der Waals surface area (Å²) in [6.45, 7) is 0. The van der Waals surface area contributed by atoms with Crippen LogP contribution in [0, 0.1) is 0 Å². The lowest BCUT2D eigenvalue weighted by Gasteiger charge is -2.07. The second kappa shape index (κ2) is 3.24. The van der Waals surface area contributed by atoms with Crippen LogP contribution in [0.15, 0.2) is 0 Å². The van der Waals surface area contributed by atoms with E-state index in [1.54, 1.807) is 0 Å². The first-order valence-electron chi connectivity index (χ1n) is 1.58. The van der Waals surface area contributed by atoms with Gasteiger partial charge in [-0.05, 0) is 0 Å². The van der Waals surface area contributed by atoms with Crippen LogP contribution in [0.1, 0.15) is 0 Å². The zero-order chi connectivity index (χ0) is 5.86. The Morgan fingerprint density at radius 2 is 2.00 bits per heavy atom. The molecule has 0 N–H and O–H groups in total. The Balaban J connectivity index is 3.14. The zero-order valence-electron chi connectivity index (χ0n) is 4.06. The van der Waals surface area contributed by atoms with Crippen LogP contribution in [0.5, 0.6) is 0 Å². The van der Waals surface area contributed by atoms with Crippen LogP contribution in [0.25, 0.3) is 0 Å². The molecule has 0 heterocycles. The zero-order valence-corrected chi connectivity index (χ0v) is 4.95. The number of hydrogen-bond donors (Lipinski definition) is 0. The van der Waals surface area contributed by atoms with Crippen molar-refractivity contribution in [1.82, 2.24) is 4.83 Å². The highest BCUT2D eigenvalue weighted by Crippen LogP contribution is 2.41. The summed E-state index contributed by atoms with van der Waals surface area (Å²) in [5, 5.41) is 0. The third-order valence-corrected chi connectivity index (χ3v) is 1.07. The van der Waals surface area contributed by atoms with Gasteiger partial charge < -0.3 is 0 Å². The first kappa shape index (κ1) is 7.21. The van der Waals surface area contributed by atoms with Crippen LogP contribution in [-0.4, -0.2) is 19.0 Å². The van der Waals surface area contributed by atoms with Crippen molar-refractivity contribution in [2.75, 3.05) is 14.2 Å². The molecule has 0 bridgehead atoms. The lowest BCUT2D eigenvalue weighted by atomic mass is 11.5. The Morgan fingerprint density at radius 3 is 2.00 bits per heavy atom. The molecule has 0 aliphatic carbocycles. The van der Waals surface area contributed by atoms with E-state index in [0.717, 1.165) is 0 Å². The van der Waals surface area contributed by atoms with E-state index in [2.05, 4.69) is 4.84 Å². The van der Waals surface area contributed by atoms with Crippen molar-refractivity contribution in [1.29, 1.82) is 0 Å². The molecular formula is C2H6F2NOP. The Hall–Kier alpha value is 0.210. The van der Waals surface area contributed by atoms with E-state index < -0.39 is 8.69 Å². The molecule has 0 rings (SSSR count). The van der Waals surface area contributed by atoms with E-state index in [0.29, 0.717) is 4.83 Å². The number of hydroxylamine groups is 1. The standard InChI is InChI=1S/C2H6F2NOP/c1-5(6-2)7(3)4/h1-2H3. The van der Waals surface area contributed by atoms with Crippen molar-refractivity contribution < 1.29 is 13.2 Å². The summed E-state index contributed by atoms with van der Waals surface area (Å²) in [6, 6.07) is 0. The largest absolute Gasteiger partial charge is 0.369 e. The summed E-state index contributed by atoms with van der Waals surface area (Å²) in [7, 11) is -0.662. The number of halogens is 2. The monoisotopic (exact) mass is 129 g/mol. The maximum atomic E-state index is 11.3. The first-order valence-corrected chi connectivity index (χ1v) is 2.65. The van der Waals surface area contributed by atoms with E-state index in [9.17, 15) is 8.39 Å². The molecule has 0 atom stereocenters. The molecule has 0 unspecified atom stereocenters. The van der Waals surface area contributed by atoms with Gasteiger partial charge in [0.15, 0.2) is 0 Å². The smallest absolute Gasteiger partial charge is 0.294 e. The van der Waals surface area contributed by atoms with Gasteiger partial charge in [0, 0.05) is 7.05 Å². The molecule has 0 aliphatic heterocycles. The Kier molecular flexibility index (Phi) is 3.34. The predicted octanol–water partition coefficient (Wildman–Crippen LogP) is 1.65. The van der Waals surface area contributed by atoms with Crippen LogP contribution >= 0.6 is 8.69 Å². The molecule has 0 aromatic carbocycles. The molecule has 2 nitrogen and oxygen atoms in total. The molecule has 0 fully saturated rings. The summed E-state index contributed by atoms with van der Waals surface area (Å²) in [6.07, 6.45) is 0. The van der Waals surface area contributed by atoms with E-state index in [4.69, 9.17) is 0 Å². The second-order valence-corrected chi connectivity index (χ2v) is 1.86. The number of nitrogens with zero attached hydrogens (tertiary/aromatic N) is 1.